The summed E-state index contributed by atoms with van der Waals surface area (Å²) in [5.74, 6) is 1.65. The predicted octanol–water partition coefficient (Wildman–Crippen LogP) is 6.22. The van der Waals surface area contributed by atoms with Crippen LogP contribution in [0.5, 0.6) is 17.2 Å². The minimum absolute atomic E-state index is 0.00676. The molecule has 0 fully saturated rings. The number of anilines is 1. The summed E-state index contributed by atoms with van der Waals surface area (Å²) in [5, 5.41) is 12.3. The van der Waals surface area contributed by atoms with Gasteiger partial charge in [0.2, 0.25) is 6.79 Å². The number of hydrogen-bond acceptors (Lipinski definition) is 5. The van der Waals surface area contributed by atoms with Crippen LogP contribution >= 0.6 is 38.5 Å². The van der Waals surface area contributed by atoms with Crippen molar-refractivity contribution in [2.24, 2.45) is 0 Å². The molecular formula is C25H18BrIN2O4. The zero-order chi connectivity index (χ0) is 23.4. The molecule has 166 valence electrons. The average molecular weight is 617 g/mol. The largest absolute Gasteiger partial charge is 0.487 e. The molecular weight excluding hydrogens is 599 g/mol. The molecule has 3 aromatic carbocycles. The second-order valence-electron chi connectivity index (χ2n) is 7.28. The quantitative estimate of drug-likeness (QED) is 0.202. The molecule has 0 aromatic heterocycles. The molecule has 1 aliphatic heterocycles. The summed E-state index contributed by atoms with van der Waals surface area (Å²) in [5.41, 5.74) is 3.38. The van der Waals surface area contributed by atoms with Crippen LogP contribution in [0, 0.1) is 21.8 Å². The van der Waals surface area contributed by atoms with Gasteiger partial charge in [0.15, 0.2) is 11.5 Å². The zero-order valence-electron chi connectivity index (χ0n) is 17.5. The normalized spacial score (nSPS) is 12.2. The third-order valence-corrected chi connectivity index (χ3v) is 6.22. The van der Waals surface area contributed by atoms with Crippen LogP contribution in [-0.2, 0) is 11.4 Å². The molecule has 0 aliphatic carbocycles. The number of nitrogens with zero attached hydrogens (tertiary/aromatic N) is 1. The van der Waals surface area contributed by atoms with Crippen molar-refractivity contribution in [3.05, 3.63) is 84.9 Å². The number of carbonyl (C=O) groups excluding carboxylic acids is 1. The first-order chi connectivity index (χ1) is 15.9. The number of carbonyl (C=O) groups is 1. The topological polar surface area (TPSA) is 80.6 Å². The number of fused-ring (bicyclic) bond motifs is 1. The first-order valence-corrected chi connectivity index (χ1v) is 11.8. The Morgan fingerprint density at radius 3 is 2.67 bits per heavy atom. The smallest absolute Gasteiger partial charge is 0.266 e. The SMILES string of the molecule is Cc1ccc(NC(=O)/C(C#N)=C\c2cc(Br)c(OCc3ccc4c(c3)OCO4)c(I)c2)cc1. The molecule has 0 bridgehead atoms. The molecule has 3 aromatic rings. The second-order valence-corrected chi connectivity index (χ2v) is 9.30. The van der Waals surface area contributed by atoms with Crippen LogP contribution in [0.3, 0.4) is 0 Å². The molecule has 0 saturated carbocycles. The van der Waals surface area contributed by atoms with Crippen molar-refractivity contribution in [1.82, 2.24) is 0 Å². The highest BCUT2D eigenvalue weighted by molar-refractivity contribution is 14.1. The van der Waals surface area contributed by atoms with E-state index in [1.54, 1.807) is 18.2 Å². The van der Waals surface area contributed by atoms with Gasteiger partial charge in [0.05, 0.1) is 8.04 Å². The number of nitriles is 1. The van der Waals surface area contributed by atoms with Crippen LogP contribution in [0.1, 0.15) is 16.7 Å². The maximum atomic E-state index is 12.6. The Balaban J connectivity index is 1.48. The molecule has 0 radical (unpaired) electrons. The van der Waals surface area contributed by atoms with E-state index in [-0.39, 0.29) is 12.4 Å². The van der Waals surface area contributed by atoms with E-state index in [2.05, 4.69) is 43.8 Å². The highest BCUT2D eigenvalue weighted by Crippen LogP contribution is 2.35. The standard InChI is InChI=1S/C25H18BrIN2O4/c1-15-2-5-19(6-3-15)29-25(30)18(12-28)8-17-9-20(26)24(21(27)10-17)31-13-16-4-7-22-23(11-16)33-14-32-22/h2-11H,13-14H2,1H3,(H,29,30)/b18-8-. The van der Waals surface area contributed by atoms with Crippen LogP contribution in [0.15, 0.2) is 64.6 Å². The molecule has 1 amide bonds. The Labute approximate surface area is 213 Å². The number of benzene rings is 3. The van der Waals surface area contributed by atoms with E-state index in [9.17, 15) is 10.1 Å². The Hall–Kier alpha value is -3.03. The van der Waals surface area contributed by atoms with Gasteiger partial charge in [-0.3, -0.25) is 4.79 Å². The molecule has 6 nitrogen and oxygen atoms in total. The van der Waals surface area contributed by atoms with Crippen molar-refractivity contribution >= 4 is 56.2 Å². The molecule has 1 heterocycles. The van der Waals surface area contributed by atoms with Crippen LogP contribution in [0.4, 0.5) is 5.69 Å². The number of nitrogens with one attached hydrogen (secondary N) is 1. The molecule has 4 rings (SSSR count). The minimum atomic E-state index is -0.462. The Bertz CT molecular complexity index is 1260. The van der Waals surface area contributed by atoms with Gasteiger partial charge in [-0.25, -0.2) is 0 Å². The first-order valence-electron chi connectivity index (χ1n) is 9.93. The van der Waals surface area contributed by atoms with Gasteiger partial charge in [0.1, 0.15) is 24.0 Å². The zero-order valence-corrected chi connectivity index (χ0v) is 21.3. The minimum Gasteiger partial charge on any atom is -0.487 e. The monoisotopic (exact) mass is 616 g/mol. The van der Waals surface area contributed by atoms with Crippen molar-refractivity contribution in [2.45, 2.75) is 13.5 Å². The summed E-state index contributed by atoms with van der Waals surface area (Å²) in [6.45, 7) is 2.54. The van der Waals surface area contributed by atoms with Gasteiger partial charge >= 0.3 is 0 Å². The molecule has 8 heteroatoms. The maximum Gasteiger partial charge on any atom is 0.266 e. The van der Waals surface area contributed by atoms with E-state index in [4.69, 9.17) is 14.2 Å². The lowest BCUT2D eigenvalue weighted by atomic mass is 10.1. The number of hydrogen-bond donors (Lipinski definition) is 1. The van der Waals surface area contributed by atoms with E-state index < -0.39 is 5.91 Å². The van der Waals surface area contributed by atoms with E-state index in [0.29, 0.717) is 29.4 Å². The molecule has 0 unspecified atom stereocenters. The second kappa shape index (κ2) is 10.3. The number of aryl methyl sites for hydroxylation is 1. The fraction of sp³-hybridized carbons (Fsp3) is 0.120. The Kier molecular flexibility index (Phi) is 7.20. The van der Waals surface area contributed by atoms with Crippen LogP contribution in [0.2, 0.25) is 0 Å². The van der Waals surface area contributed by atoms with E-state index in [1.165, 1.54) is 0 Å². The summed E-state index contributed by atoms with van der Waals surface area (Å²) in [6.07, 6.45) is 1.55. The lowest BCUT2D eigenvalue weighted by Crippen LogP contribution is -2.13. The molecule has 33 heavy (non-hydrogen) atoms. The summed E-state index contributed by atoms with van der Waals surface area (Å²) >= 11 is 5.71. The van der Waals surface area contributed by atoms with E-state index >= 15 is 0 Å². The van der Waals surface area contributed by atoms with Gasteiger partial charge in [-0.2, -0.15) is 5.26 Å². The van der Waals surface area contributed by atoms with Crippen molar-refractivity contribution in [3.63, 3.8) is 0 Å². The van der Waals surface area contributed by atoms with Gasteiger partial charge in [-0.15, -0.1) is 0 Å². The van der Waals surface area contributed by atoms with Gasteiger partial charge < -0.3 is 19.5 Å². The fourth-order valence-electron chi connectivity index (χ4n) is 3.14. The maximum absolute atomic E-state index is 12.6. The lowest BCUT2D eigenvalue weighted by molar-refractivity contribution is -0.112. The predicted molar refractivity (Wildman–Crippen MR) is 137 cm³/mol. The van der Waals surface area contributed by atoms with Crippen LogP contribution < -0.4 is 19.5 Å². The summed E-state index contributed by atoms with van der Waals surface area (Å²) < 4.78 is 18.3. The third kappa shape index (κ3) is 5.67. The first kappa shape index (κ1) is 23.1. The molecule has 0 atom stereocenters. The number of amides is 1. The van der Waals surface area contributed by atoms with Crippen molar-refractivity contribution in [3.8, 4) is 23.3 Å². The number of halogens is 2. The van der Waals surface area contributed by atoms with Gasteiger partial charge in [0, 0.05) is 5.69 Å². The molecule has 1 aliphatic rings. The number of ether oxygens (including phenoxy) is 3. The van der Waals surface area contributed by atoms with Crippen molar-refractivity contribution < 1.29 is 19.0 Å². The van der Waals surface area contributed by atoms with Gasteiger partial charge in [-0.1, -0.05) is 23.8 Å². The Morgan fingerprint density at radius 1 is 1.18 bits per heavy atom. The summed E-state index contributed by atoms with van der Waals surface area (Å²) in [7, 11) is 0. The molecule has 0 saturated heterocycles. The lowest BCUT2D eigenvalue weighted by Gasteiger charge is -2.12. The molecule has 0 spiro atoms. The fourth-order valence-corrected chi connectivity index (χ4v) is 4.91. The van der Waals surface area contributed by atoms with Gasteiger partial charge in [-0.05, 0) is 99.0 Å². The van der Waals surface area contributed by atoms with Gasteiger partial charge in [0.25, 0.3) is 5.91 Å². The van der Waals surface area contributed by atoms with E-state index in [1.807, 2.05) is 55.5 Å². The van der Waals surface area contributed by atoms with Crippen molar-refractivity contribution in [2.75, 3.05) is 12.1 Å². The summed E-state index contributed by atoms with van der Waals surface area (Å²) in [4.78, 5) is 12.6. The number of rotatable bonds is 6. The van der Waals surface area contributed by atoms with Crippen LogP contribution in [0.25, 0.3) is 6.08 Å². The average Bonchev–Trinajstić information content (AvgIpc) is 3.26. The highest BCUT2D eigenvalue weighted by Gasteiger charge is 2.15. The molecule has 1 N–H and O–H groups in total. The third-order valence-electron chi connectivity index (χ3n) is 4.83. The highest BCUT2D eigenvalue weighted by atomic mass is 127. The summed E-state index contributed by atoms with van der Waals surface area (Å²) in [6, 6.07) is 18.7. The van der Waals surface area contributed by atoms with Crippen molar-refractivity contribution in [1.29, 1.82) is 5.26 Å². The van der Waals surface area contributed by atoms with Crippen LogP contribution in [-0.4, -0.2) is 12.7 Å². The Morgan fingerprint density at radius 2 is 1.94 bits per heavy atom. The van der Waals surface area contributed by atoms with E-state index in [0.717, 1.165) is 24.9 Å².